The first kappa shape index (κ1) is 5.57. The standard InChI is InChI=1S/C3H3Br3/c4-1-2(5)3(1)6/h1-3H. The molecule has 0 N–H and O–H groups in total. The molecule has 0 bridgehead atoms. The third-order valence-electron chi connectivity index (χ3n) is 0.772. The van der Waals surface area contributed by atoms with Gasteiger partial charge in [-0.25, -0.2) is 0 Å². The van der Waals surface area contributed by atoms with Crippen molar-refractivity contribution >= 4 is 47.8 Å². The van der Waals surface area contributed by atoms with E-state index in [-0.39, 0.29) is 0 Å². The van der Waals surface area contributed by atoms with Crippen LogP contribution in [0.4, 0.5) is 0 Å². The van der Waals surface area contributed by atoms with Gasteiger partial charge in [-0.05, 0) is 0 Å². The number of alkyl halides is 3. The van der Waals surface area contributed by atoms with Gasteiger partial charge >= 0.3 is 0 Å². The summed E-state index contributed by atoms with van der Waals surface area (Å²) in [6.45, 7) is 0. The predicted molar refractivity (Wildman–Crippen MR) is 38.1 cm³/mol. The minimum absolute atomic E-state index is 0.664. The summed E-state index contributed by atoms with van der Waals surface area (Å²) < 4.78 is 0. The molecule has 3 heteroatoms. The second kappa shape index (κ2) is 1.75. The van der Waals surface area contributed by atoms with Gasteiger partial charge in [-0.3, -0.25) is 0 Å². The van der Waals surface area contributed by atoms with Gasteiger partial charge in [0.1, 0.15) is 0 Å². The molecule has 0 aromatic carbocycles. The summed E-state index contributed by atoms with van der Waals surface area (Å²) in [7, 11) is 0. The van der Waals surface area contributed by atoms with Crippen molar-refractivity contribution in [3.05, 3.63) is 0 Å². The Bertz CT molecular complexity index is 42.8. The normalized spacial score (nSPS) is 55.5. The topological polar surface area (TPSA) is 0 Å². The molecule has 0 aromatic heterocycles. The molecule has 1 saturated carbocycles. The molecule has 0 spiro atoms. The van der Waals surface area contributed by atoms with Gasteiger partial charge in [0, 0.05) is 14.5 Å². The van der Waals surface area contributed by atoms with E-state index in [2.05, 4.69) is 47.8 Å². The lowest BCUT2D eigenvalue weighted by Crippen LogP contribution is -1.61. The second-order valence-electron chi connectivity index (χ2n) is 1.33. The van der Waals surface area contributed by atoms with Crippen molar-refractivity contribution < 1.29 is 0 Å². The Morgan fingerprint density at radius 3 is 0.833 bits per heavy atom. The fourth-order valence-electron chi connectivity index (χ4n) is 0.208. The van der Waals surface area contributed by atoms with Crippen LogP contribution in [0.5, 0.6) is 0 Å². The summed E-state index contributed by atoms with van der Waals surface area (Å²) in [5, 5.41) is 0. The van der Waals surface area contributed by atoms with Crippen LogP contribution in [0.25, 0.3) is 0 Å². The zero-order valence-corrected chi connectivity index (χ0v) is 7.62. The van der Waals surface area contributed by atoms with Gasteiger partial charge in [-0.1, -0.05) is 47.8 Å². The average Bonchev–Trinajstić information content (AvgIpc) is 1.94. The number of rotatable bonds is 0. The van der Waals surface area contributed by atoms with E-state index in [1.54, 1.807) is 0 Å². The summed E-state index contributed by atoms with van der Waals surface area (Å²) in [5.41, 5.74) is 0. The van der Waals surface area contributed by atoms with Gasteiger partial charge in [0.05, 0.1) is 0 Å². The van der Waals surface area contributed by atoms with Crippen molar-refractivity contribution in [3.8, 4) is 0 Å². The molecule has 0 atom stereocenters. The Morgan fingerprint density at radius 1 is 0.667 bits per heavy atom. The van der Waals surface area contributed by atoms with Crippen LogP contribution in [-0.4, -0.2) is 14.5 Å². The Morgan fingerprint density at radius 2 is 0.833 bits per heavy atom. The van der Waals surface area contributed by atoms with Gasteiger partial charge in [0.15, 0.2) is 0 Å². The maximum atomic E-state index is 3.42. The highest BCUT2D eigenvalue weighted by Crippen LogP contribution is 2.43. The van der Waals surface area contributed by atoms with Crippen LogP contribution in [-0.2, 0) is 0 Å². The maximum absolute atomic E-state index is 3.42. The van der Waals surface area contributed by atoms with Crippen LogP contribution in [0, 0.1) is 0 Å². The van der Waals surface area contributed by atoms with Gasteiger partial charge in [-0.15, -0.1) is 0 Å². The summed E-state index contributed by atoms with van der Waals surface area (Å²) >= 11 is 10.3. The molecule has 0 aliphatic heterocycles. The summed E-state index contributed by atoms with van der Waals surface area (Å²) in [5.74, 6) is 0. The second-order valence-corrected chi connectivity index (χ2v) is 4.51. The van der Waals surface area contributed by atoms with Crippen molar-refractivity contribution in [2.75, 3.05) is 0 Å². The average molecular weight is 279 g/mol. The molecule has 0 aromatic rings. The Hall–Kier alpha value is 1.44. The third-order valence-corrected chi connectivity index (χ3v) is 6.32. The van der Waals surface area contributed by atoms with E-state index >= 15 is 0 Å². The minimum Gasteiger partial charge on any atom is -0.0865 e. The van der Waals surface area contributed by atoms with Crippen molar-refractivity contribution in [1.82, 2.24) is 0 Å². The van der Waals surface area contributed by atoms with Crippen molar-refractivity contribution in [3.63, 3.8) is 0 Å². The molecule has 1 aliphatic carbocycles. The fraction of sp³-hybridized carbons (Fsp3) is 1.00. The first-order chi connectivity index (χ1) is 2.73. The molecule has 6 heavy (non-hydrogen) atoms. The van der Waals surface area contributed by atoms with Gasteiger partial charge in [0.25, 0.3) is 0 Å². The zero-order valence-electron chi connectivity index (χ0n) is 2.87. The first-order valence-electron chi connectivity index (χ1n) is 1.65. The number of hydrogen-bond acceptors (Lipinski definition) is 0. The SMILES string of the molecule is BrC1C(Br)C1Br. The van der Waals surface area contributed by atoms with E-state index in [4.69, 9.17) is 0 Å². The van der Waals surface area contributed by atoms with E-state index in [0.717, 1.165) is 0 Å². The third kappa shape index (κ3) is 0.819. The molecular weight excluding hydrogens is 276 g/mol. The molecule has 36 valence electrons. The van der Waals surface area contributed by atoms with Crippen LogP contribution in [0.1, 0.15) is 0 Å². The van der Waals surface area contributed by atoms with Crippen LogP contribution in [0.2, 0.25) is 0 Å². The van der Waals surface area contributed by atoms with Crippen LogP contribution < -0.4 is 0 Å². The van der Waals surface area contributed by atoms with E-state index in [0.29, 0.717) is 14.5 Å². The molecule has 1 fully saturated rings. The van der Waals surface area contributed by atoms with Gasteiger partial charge in [-0.2, -0.15) is 0 Å². The number of hydrogen-bond donors (Lipinski definition) is 0. The summed E-state index contributed by atoms with van der Waals surface area (Å²) in [6, 6.07) is 0. The smallest absolute Gasteiger partial charge is 0.0418 e. The van der Waals surface area contributed by atoms with Crippen molar-refractivity contribution in [2.24, 2.45) is 0 Å². The minimum atomic E-state index is 0.664. The first-order valence-corrected chi connectivity index (χ1v) is 4.40. The van der Waals surface area contributed by atoms with Crippen molar-refractivity contribution in [1.29, 1.82) is 0 Å². The maximum Gasteiger partial charge on any atom is 0.0418 e. The van der Waals surface area contributed by atoms with Gasteiger partial charge in [0.2, 0.25) is 0 Å². The van der Waals surface area contributed by atoms with Gasteiger partial charge < -0.3 is 0 Å². The molecule has 0 nitrogen and oxygen atoms in total. The van der Waals surface area contributed by atoms with E-state index < -0.39 is 0 Å². The number of halogens is 3. The van der Waals surface area contributed by atoms with Crippen LogP contribution in [0.3, 0.4) is 0 Å². The quantitative estimate of drug-likeness (QED) is 0.597. The highest BCUT2D eigenvalue weighted by molar-refractivity contribution is 9.16. The molecule has 0 heterocycles. The molecular formula is C3H3Br3. The monoisotopic (exact) mass is 276 g/mol. The Balaban J connectivity index is 2.31. The van der Waals surface area contributed by atoms with E-state index in [1.807, 2.05) is 0 Å². The molecule has 1 aliphatic rings. The Kier molecular flexibility index (Phi) is 1.62. The van der Waals surface area contributed by atoms with Crippen LogP contribution in [0.15, 0.2) is 0 Å². The van der Waals surface area contributed by atoms with Crippen molar-refractivity contribution in [2.45, 2.75) is 14.5 Å². The van der Waals surface area contributed by atoms with E-state index in [1.165, 1.54) is 0 Å². The van der Waals surface area contributed by atoms with E-state index in [9.17, 15) is 0 Å². The molecule has 0 unspecified atom stereocenters. The lowest BCUT2D eigenvalue weighted by atomic mass is 11.0. The lowest BCUT2D eigenvalue weighted by molar-refractivity contribution is 1.59. The summed E-state index contributed by atoms with van der Waals surface area (Å²) in [6.07, 6.45) is 0. The molecule has 0 radical (unpaired) electrons. The highest BCUT2D eigenvalue weighted by atomic mass is 79.9. The van der Waals surface area contributed by atoms with Crippen LogP contribution >= 0.6 is 47.8 Å². The molecule has 0 amide bonds. The molecule has 0 saturated heterocycles. The molecule has 1 rings (SSSR count). The lowest BCUT2D eigenvalue weighted by Gasteiger charge is -1.61. The highest BCUT2D eigenvalue weighted by Gasteiger charge is 2.44. The fourth-order valence-corrected chi connectivity index (χ4v) is 2.88. The largest absolute Gasteiger partial charge is 0.0865 e. The Labute approximate surface area is 62.1 Å². The predicted octanol–water partition coefficient (Wildman–Crippen LogP) is 2.29. The zero-order chi connectivity index (χ0) is 4.73. The summed E-state index contributed by atoms with van der Waals surface area (Å²) in [4.78, 5) is 1.99.